The Morgan fingerprint density at radius 3 is 2.94 bits per heavy atom. The highest BCUT2D eigenvalue weighted by molar-refractivity contribution is 7.11. The molecule has 31 heavy (non-hydrogen) atoms. The fourth-order valence-corrected chi connectivity index (χ4v) is 4.73. The monoisotopic (exact) mass is 445 g/mol. The summed E-state index contributed by atoms with van der Waals surface area (Å²) in [6.45, 7) is 7.01. The topological polar surface area (TPSA) is 124 Å². The van der Waals surface area contributed by atoms with E-state index in [2.05, 4.69) is 30.5 Å². The number of aliphatic hydroxyl groups excluding tert-OH is 1. The van der Waals surface area contributed by atoms with Crippen LogP contribution in [0.1, 0.15) is 33.0 Å². The van der Waals surface area contributed by atoms with E-state index < -0.39 is 6.10 Å². The van der Waals surface area contributed by atoms with Crippen LogP contribution in [0, 0.1) is 6.92 Å². The van der Waals surface area contributed by atoms with E-state index in [1.165, 1.54) is 11.2 Å². The number of likely N-dealkylation sites (tertiary alicyclic amines) is 1. The van der Waals surface area contributed by atoms with Gasteiger partial charge in [-0.2, -0.15) is 0 Å². The van der Waals surface area contributed by atoms with E-state index in [9.17, 15) is 14.7 Å². The Hall–Kier alpha value is -2.63. The van der Waals surface area contributed by atoms with Crippen LogP contribution in [0.3, 0.4) is 0 Å². The second-order valence-corrected chi connectivity index (χ2v) is 9.29. The van der Waals surface area contributed by atoms with Crippen molar-refractivity contribution in [2.24, 2.45) is 0 Å². The molecule has 0 spiro atoms. The molecule has 1 saturated heterocycles. The Bertz CT molecular complexity index is 960. The van der Waals surface area contributed by atoms with Crippen molar-refractivity contribution in [2.75, 3.05) is 38.0 Å². The summed E-state index contributed by atoms with van der Waals surface area (Å²) in [6.07, 6.45) is 1.59. The van der Waals surface area contributed by atoms with Gasteiger partial charge in [-0.25, -0.2) is 15.0 Å². The Morgan fingerprint density at radius 2 is 2.16 bits per heavy atom. The maximum absolute atomic E-state index is 12.5. The van der Waals surface area contributed by atoms with Gasteiger partial charge in [0, 0.05) is 57.1 Å². The fraction of sp³-hybridized carbons (Fsp3) is 0.550. The van der Waals surface area contributed by atoms with Crippen molar-refractivity contribution in [3.63, 3.8) is 0 Å². The fourth-order valence-electron chi connectivity index (χ4n) is 3.80. The number of amides is 2. The normalized spacial score (nSPS) is 17.6. The summed E-state index contributed by atoms with van der Waals surface area (Å²) in [5.74, 6) is 0.224. The summed E-state index contributed by atoms with van der Waals surface area (Å²) in [5, 5.41) is 17.4. The number of carbonyl (C=O) groups excluding carboxylic acids is 2. The first kappa shape index (κ1) is 21.6. The molecular weight excluding hydrogens is 418 g/mol. The third-order valence-electron chi connectivity index (χ3n) is 5.46. The lowest BCUT2D eigenvalue weighted by molar-refractivity contribution is -0.132. The number of carbonyl (C=O) groups is 2. The van der Waals surface area contributed by atoms with E-state index in [0.717, 1.165) is 30.2 Å². The van der Waals surface area contributed by atoms with Crippen LogP contribution in [0.2, 0.25) is 0 Å². The lowest BCUT2D eigenvalue weighted by Crippen LogP contribution is -2.56. The number of nitrogens with one attached hydrogen (secondary N) is 2. The molecule has 0 bridgehead atoms. The first-order valence-electron chi connectivity index (χ1n) is 10.3. The van der Waals surface area contributed by atoms with E-state index in [1.54, 1.807) is 29.2 Å². The standard InChI is InChI=1S/C20H27N7O3S/c1-12-24-17-10-26(4-3-18(17)31-12)9-15(29)6-21-20(30)16-5-19(23-11-22-16)25-14-7-27(8-14)13(2)28/h5,11,14-15,29H,3-4,6-10H2,1-2H3,(H,21,30)(H,22,23,25)/t15-/m0/s1. The van der Waals surface area contributed by atoms with E-state index >= 15 is 0 Å². The van der Waals surface area contributed by atoms with Gasteiger partial charge in [0.15, 0.2) is 0 Å². The number of rotatable bonds is 7. The predicted molar refractivity (Wildman–Crippen MR) is 116 cm³/mol. The first-order valence-corrected chi connectivity index (χ1v) is 11.2. The maximum atomic E-state index is 12.5. The third-order valence-corrected chi connectivity index (χ3v) is 6.53. The number of nitrogens with zero attached hydrogens (tertiary/aromatic N) is 5. The first-order chi connectivity index (χ1) is 14.9. The van der Waals surface area contributed by atoms with Gasteiger partial charge in [-0.05, 0) is 13.3 Å². The predicted octanol–water partition coefficient (Wildman–Crippen LogP) is 0.0331. The molecule has 0 unspecified atom stereocenters. The molecule has 3 N–H and O–H groups in total. The van der Waals surface area contributed by atoms with E-state index in [0.29, 0.717) is 25.5 Å². The van der Waals surface area contributed by atoms with Crippen LogP contribution in [-0.2, 0) is 17.8 Å². The minimum absolute atomic E-state index is 0.0473. The summed E-state index contributed by atoms with van der Waals surface area (Å²) in [7, 11) is 0. The number of fused-ring (bicyclic) bond motifs is 1. The molecule has 1 atom stereocenters. The largest absolute Gasteiger partial charge is 0.390 e. The van der Waals surface area contributed by atoms with Crippen LogP contribution in [0.4, 0.5) is 5.82 Å². The molecule has 1 fully saturated rings. The highest BCUT2D eigenvalue weighted by atomic mass is 32.1. The van der Waals surface area contributed by atoms with Crippen LogP contribution < -0.4 is 10.6 Å². The van der Waals surface area contributed by atoms with Gasteiger partial charge < -0.3 is 20.6 Å². The average molecular weight is 446 g/mol. The smallest absolute Gasteiger partial charge is 0.270 e. The van der Waals surface area contributed by atoms with Gasteiger partial charge in [-0.1, -0.05) is 0 Å². The lowest BCUT2D eigenvalue weighted by Gasteiger charge is -2.39. The number of aromatic nitrogens is 3. The van der Waals surface area contributed by atoms with Crippen molar-refractivity contribution in [1.29, 1.82) is 0 Å². The number of aryl methyl sites for hydroxylation is 1. The van der Waals surface area contributed by atoms with Crippen molar-refractivity contribution in [1.82, 2.24) is 30.1 Å². The Labute approximate surface area is 184 Å². The Morgan fingerprint density at radius 1 is 1.35 bits per heavy atom. The average Bonchev–Trinajstić information content (AvgIpc) is 3.07. The van der Waals surface area contributed by atoms with E-state index in [1.807, 2.05) is 6.92 Å². The van der Waals surface area contributed by atoms with Gasteiger partial charge >= 0.3 is 0 Å². The van der Waals surface area contributed by atoms with Gasteiger partial charge in [0.25, 0.3) is 5.91 Å². The van der Waals surface area contributed by atoms with Gasteiger partial charge in [-0.15, -0.1) is 11.3 Å². The quantitative estimate of drug-likeness (QED) is 0.546. The van der Waals surface area contributed by atoms with Crippen molar-refractivity contribution < 1.29 is 14.7 Å². The van der Waals surface area contributed by atoms with Gasteiger partial charge in [0.2, 0.25) is 5.91 Å². The zero-order valence-corrected chi connectivity index (χ0v) is 18.5. The molecule has 2 amide bonds. The molecule has 0 aliphatic carbocycles. The molecule has 0 radical (unpaired) electrons. The van der Waals surface area contributed by atoms with Crippen LogP contribution in [0.25, 0.3) is 0 Å². The van der Waals surface area contributed by atoms with E-state index in [-0.39, 0.29) is 30.1 Å². The zero-order chi connectivity index (χ0) is 22.0. The molecule has 2 aliphatic rings. The second-order valence-electron chi connectivity index (χ2n) is 8.01. The number of hydrogen-bond donors (Lipinski definition) is 3. The summed E-state index contributed by atoms with van der Waals surface area (Å²) < 4.78 is 0. The van der Waals surface area contributed by atoms with Crippen LogP contribution in [0.5, 0.6) is 0 Å². The number of hydrogen-bond acceptors (Lipinski definition) is 9. The molecule has 2 aromatic heterocycles. The minimum Gasteiger partial charge on any atom is -0.390 e. The second kappa shape index (κ2) is 9.25. The molecule has 2 aliphatic heterocycles. The van der Waals surface area contributed by atoms with Gasteiger partial charge in [-0.3, -0.25) is 14.5 Å². The zero-order valence-electron chi connectivity index (χ0n) is 17.7. The van der Waals surface area contributed by atoms with Crippen molar-refractivity contribution in [2.45, 2.75) is 39.0 Å². The summed E-state index contributed by atoms with van der Waals surface area (Å²) in [4.78, 5) is 41.7. The maximum Gasteiger partial charge on any atom is 0.270 e. The molecule has 4 rings (SSSR count). The molecular formula is C20H27N7O3S. The highest BCUT2D eigenvalue weighted by Gasteiger charge is 2.28. The molecule has 10 nitrogen and oxygen atoms in total. The highest BCUT2D eigenvalue weighted by Crippen LogP contribution is 2.24. The van der Waals surface area contributed by atoms with Crippen LogP contribution >= 0.6 is 11.3 Å². The van der Waals surface area contributed by atoms with Gasteiger partial charge in [0.05, 0.1) is 22.8 Å². The molecule has 4 heterocycles. The molecule has 11 heteroatoms. The van der Waals surface area contributed by atoms with Gasteiger partial charge in [0.1, 0.15) is 17.8 Å². The number of thiazole rings is 1. The minimum atomic E-state index is -0.683. The van der Waals surface area contributed by atoms with E-state index in [4.69, 9.17) is 0 Å². The Kier molecular flexibility index (Phi) is 6.44. The van der Waals surface area contributed by atoms with Crippen LogP contribution in [-0.4, -0.2) is 86.5 Å². The third kappa shape index (κ3) is 5.35. The molecule has 0 aromatic carbocycles. The molecule has 0 saturated carbocycles. The number of β-amino-alcohol motifs (C(OH)–C–C–N with tert-alkyl or cyclic N) is 1. The van der Waals surface area contributed by atoms with Crippen molar-refractivity contribution in [3.8, 4) is 0 Å². The summed E-state index contributed by atoms with van der Waals surface area (Å²) in [5.41, 5.74) is 1.33. The summed E-state index contributed by atoms with van der Waals surface area (Å²) in [6, 6.07) is 1.69. The Balaban J connectivity index is 1.23. The number of aliphatic hydroxyl groups is 1. The molecule has 166 valence electrons. The lowest BCUT2D eigenvalue weighted by atomic mass is 10.1. The van der Waals surface area contributed by atoms with Crippen LogP contribution in [0.15, 0.2) is 12.4 Å². The van der Waals surface area contributed by atoms with Crippen molar-refractivity contribution in [3.05, 3.63) is 33.7 Å². The SMILES string of the molecule is CC(=O)N1CC(Nc2cc(C(=O)NC[C@H](O)CN3CCc4sc(C)nc4C3)ncn2)C1. The number of anilines is 1. The van der Waals surface area contributed by atoms with Crippen molar-refractivity contribution >= 4 is 29.0 Å². The summed E-state index contributed by atoms with van der Waals surface area (Å²) >= 11 is 1.74. The molecule has 2 aromatic rings.